The van der Waals surface area contributed by atoms with Gasteiger partial charge in [0.05, 0.1) is 22.1 Å². The van der Waals surface area contributed by atoms with Crippen LogP contribution in [0.3, 0.4) is 0 Å². The normalized spacial score (nSPS) is 24.8. The molecule has 0 radical (unpaired) electrons. The summed E-state index contributed by atoms with van der Waals surface area (Å²) >= 11 is 0. The van der Waals surface area contributed by atoms with Crippen molar-refractivity contribution in [2.24, 2.45) is 46.3 Å². The maximum atomic E-state index is 14.3. The standard InChI is InChI=1S/C68H95N3O4/c1-8-10-12-13-17-24-43-70-60-31-21-19-29-53(60)64(72)55-47-63-56(46-62(55)70)65(73)54-30-20-22-32-61(54)71(63)44-25-18-15-14-16-23-42-69(41-11-9-2)66(74)75-51-37-39-67(6)50(45-51)33-34-52-58-36-35-57(49(5)28-26-27-48(3)4)68(58,7)40-38-59(52)67/h8,19-22,29-33,46-49,51-52,57-59H,1,9-18,23-28,34-45H2,2-7H3/t49-,51?,52+,57-,58+,59+,67+,68-/m1/s1. The third kappa shape index (κ3) is 11.6. The van der Waals surface area contributed by atoms with E-state index in [0.717, 1.165) is 197 Å². The first kappa shape index (κ1) is 55.1. The topological polar surface area (TPSA) is 73.5 Å². The number of rotatable bonds is 25. The zero-order valence-corrected chi connectivity index (χ0v) is 47.5. The van der Waals surface area contributed by atoms with Gasteiger partial charge < -0.3 is 18.8 Å². The van der Waals surface area contributed by atoms with Crippen molar-refractivity contribution in [2.75, 3.05) is 13.1 Å². The van der Waals surface area contributed by atoms with Crippen molar-refractivity contribution in [2.45, 2.75) is 215 Å². The fraction of sp³-hybridized carbons (Fsp3) is 0.632. The maximum Gasteiger partial charge on any atom is 0.410 e. The predicted molar refractivity (Wildman–Crippen MR) is 316 cm³/mol. The fourth-order valence-electron chi connectivity index (χ4n) is 16.0. The summed E-state index contributed by atoms with van der Waals surface area (Å²) in [6.07, 6.45) is 32.4. The van der Waals surface area contributed by atoms with Gasteiger partial charge in [-0.1, -0.05) is 148 Å². The Kier molecular flexibility index (Phi) is 18.2. The van der Waals surface area contributed by atoms with Crippen molar-refractivity contribution in [3.05, 3.63) is 105 Å². The number of aryl methyl sites for hydroxylation is 2. The number of nitrogens with zero attached hydrogens (tertiary/aromatic N) is 3. The number of pyridine rings is 2. The molecule has 0 N–H and O–H groups in total. The summed E-state index contributed by atoms with van der Waals surface area (Å²) in [5.74, 6) is 4.98. The van der Waals surface area contributed by atoms with Gasteiger partial charge in [0.1, 0.15) is 6.10 Å². The summed E-state index contributed by atoms with van der Waals surface area (Å²) in [4.78, 5) is 44.5. The van der Waals surface area contributed by atoms with Crippen LogP contribution in [0, 0.1) is 46.3 Å². The highest BCUT2D eigenvalue weighted by atomic mass is 16.6. The molecule has 3 fully saturated rings. The zero-order chi connectivity index (χ0) is 52.7. The van der Waals surface area contributed by atoms with Crippen molar-refractivity contribution in [3.8, 4) is 0 Å². The van der Waals surface area contributed by atoms with E-state index >= 15 is 0 Å². The van der Waals surface area contributed by atoms with Crippen LogP contribution in [-0.4, -0.2) is 39.3 Å². The molecule has 3 saturated carbocycles. The Morgan fingerprint density at radius 1 is 0.693 bits per heavy atom. The monoisotopic (exact) mass is 1020 g/mol. The molecular formula is C68H95N3O4. The summed E-state index contributed by atoms with van der Waals surface area (Å²) in [7, 11) is 0. The van der Waals surface area contributed by atoms with Crippen LogP contribution in [0.15, 0.2) is 94.6 Å². The van der Waals surface area contributed by atoms with Gasteiger partial charge in [0.25, 0.3) is 0 Å². The van der Waals surface area contributed by atoms with Crippen molar-refractivity contribution in [3.63, 3.8) is 0 Å². The van der Waals surface area contributed by atoms with Crippen LogP contribution in [0.1, 0.15) is 196 Å². The number of hydrogen-bond donors (Lipinski definition) is 0. The van der Waals surface area contributed by atoms with Gasteiger partial charge in [0.2, 0.25) is 0 Å². The lowest BCUT2D eigenvalue weighted by Crippen LogP contribution is -2.51. The number of carbonyl (C=O) groups excluding carboxylic acids is 1. The van der Waals surface area contributed by atoms with Crippen LogP contribution in [0.5, 0.6) is 0 Å². The second-order valence-corrected chi connectivity index (χ2v) is 25.4. The van der Waals surface area contributed by atoms with Gasteiger partial charge in [-0.2, -0.15) is 0 Å². The van der Waals surface area contributed by atoms with E-state index < -0.39 is 0 Å². The summed E-state index contributed by atoms with van der Waals surface area (Å²) in [6.45, 7) is 21.8. The molecule has 7 nitrogen and oxygen atoms in total. The van der Waals surface area contributed by atoms with Crippen molar-refractivity contribution < 1.29 is 9.53 Å². The molecule has 75 heavy (non-hydrogen) atoms. The molecule has 406 valence electrons. The van der Waals surface area contributed by atoms with Crippen molar-refractivity contribution in [1.29, 1.82) is 0 Å². The minimum Gasteiger partial charge on any atom is -0.446 e. The number of hydrogen-bond acceptors (Lipinski definition) is 4. The number of para-hydroxylation sites is 2. The Morgan fingerprint density at radius 2 is 1.29 bits per heavy atom. The van der Waals surface area contributed by atoms with Crippen LogP contribution in [0.2, 0.25) is 0 Å². The first-order chi connectivity index (χ1) is 36.4. The van der Waals surface area contributed by atoms with Crippen molar-refractivity contribution >= 4 is 49.7 Å². The molecule has 0 aliphatic heterocycles. The van der Waals surface area contributed by atoms with E-state index in [2.05, 4.69) is 69.4 Å². The number of fused-ring (bicyclic) bond motifs is 9. The smallest absolute Gasteiger partial charge is 0.410 e. The SMILES string of the molecule is C=CCCCCCCn1c2ccccc2c(=O)c2cc3c(cc21)c(=O)c1ccccc1n3CCCCCCCCN(CCCC)C(=O)OC1CC[C@@]2(C)C(=CC[C@H]3[C@@H]4CC[C@H]([C@H](C)CCCC(C)C)[C@@]4(C)CC[C@@H]32)C1. The summed E-state index contributed by atoms with van der Waals surface area (Å²) in [5, 5.41) is 2.80. The average molecular weight is 1020 g/mol. The van der Waals surface area contributed by atoms with Gasteiger partial charge >= 0.3 is 6.09 Å². The van der Waals surface area contributed by atoms with Gasteiger partial charge in [-0.15, -0.1) is 6.58 Å². The second kappa shape index (κ2) is 24.8. The first-order valence-electron chi connectivity index (χ1n) is 30.6. The van der Waals surface area contributed by atoms with Crippen LogP contribution >= 0.6 is 0 Å². The van der Waals surface area contributed by atoms with Crippen LogP contribution < -0.4 is 10.9 Å². The highest BCUT2D eigenvalue weighted by Gasteiger charge is 2.59. The van der Waals surface area contributed by atoms with Crippen molar-refractivity contribution in [1.82, 2.24) is 14.0 Å². The molecule has 0 bridgehead atoms. The van der Waals surface area contributed by atoms with E-state index in [1.807, 2.05) is 65.6 Å². The molecule has 1 unspecified atom stereocenters. The molecule has 2 aromatic heterocycles. The lowest BCUT2D eigenvalue weighted by molar-refractivity contribution is -0.0593. The van der Waals surface area contributed by atoms with Gasteiger partial charge in [-0.3, -0.25) is 9.59 Å². The number of allylic oxidation sites excluding steroid dienone is 2. The van der Waals surface area contributed by atoms with Crippen LogP contribution in [0.25, 0.3) is 43.6 Å². The molecule has 2 heterocycles. The van der Waals surface area contributed by atoms with Crippen LogP contribution in [0.4, 0.5) is 4.79 Å². The Bertz CT molecular complexity index is 2930. The van der Waals surface area contributed by atoms with Gasteiger partial charge in [-0.25, -0.2) is 4.79 Å². The minimum atomic E-state index is -0.102. The quantitative estimate of drug-likeness (QED) is 0.0332. The number of amides is 1. The Morgan fingerprint density at radius 3 is 1.92 bits per heavy atom. The number of ether oxygens (including phenoxy) is 1. The average Bonchev–Trinajstić information content (AvgIpc) is 3.77. The van der Waals surface area contributed by atoms with Gasteiger partial charge in [-0.05, 0) is 166 Å². The van der Waals surface area contributed by atoms with E-state index in [9.17, 15) is 14.4 Å². The molecule has 0 saturated heterocycles. The zero-order valence-electron chi connectivity index (χ0n) is 47.5. The third-order valence-electron chi connectivity index (χ3n) is 20.2. The Hall–Kier alpha value is -4.65. The van der Waals surface area contributed by atoms with Gasteiger partial charge in [0, 0.05) is 54.1 Å². The molecule has 4 aliphatic rings. The highest BCUT2D eigenvalue weighted by Crippen LogP contribution is 2.67. The molecule has 3 aromatic carbocycles. The number of aromatic nitrogens is 2. The molecular weight excluding hydrogens is 923 g/mol. The summed E-state index contributed by atoms with van der Waals surface area (Å²) in [6, 6.07) is 19.9. The van der Waals surface area contributed by atoms with E-state index in [1.54, 1.807) is 5.57 Å². The number of carbonyl (C=O) groups is 1. The second-order valence-electron chi connectivity index (χ2n) is 25.4. The lowest BCUT2D eigenvalue weighted by atomic mass is 9.47. The molecule has 0 spiro atoms. The summed E-state index contributed by atoms with van der Waals surface area (Å²) < 4.78 is 11.0. The summed E-state index contributed by atoms with van der Waals surface area (Å²) in [5.41, 5.74) is 5.93. The van der Waals surface area contributed by atoms with Crippen LogP contribution in [-0.2, 0) is 17.8 Å². The largest absolute Gasteiger partial charge is 0.446 e. The molecule has 5 aromatic rings. The molecule has 1 amide bonds. The Balaban J connectivity index is 0.785. The first-order valence-corrected chi connectivity index (χ1v) is 30.6. The number of benzene rings is 3. The maximum absolute atomic E-state index is 14.3. The third-order valence-corrected chi connectivity index (χ3v) is 20.2. The molecule has 8 atom stereocenters. The minimum absolute atomic E-state index is 0.0179. The molecule has 9 rings (SSSR count). The van der Waals surface area contributed by atoms with Gasteiger partial charge in [0.15, 0.2) is 10.9 Å². The van der Waals surface area contributed by atoms with E-state index in [1.165, 1.54) is 51.4 Å². The number of unbranched alkanes of at least 4 members (excludes halogenated alkanes) is 10. The van der Waals surface area contributed by atoms with E-state index in [4.69, 9.17) is 4.74 Å². The van der Waals surface area contributed by atoms with E-state index in [0.29, 0.717) is 16.2 Å². The van der Waals surface area contributed by atoms with E-state index in [-0.39, 0.29) is 28.5 Å². The molecule has 7 heteroatoms. The fourth-order valence-corrected chi connectivity index (χ4v) is 16.0. The highest BCUT2D eigenvalue weighted by molar-refractivity contribution is 6.03. The molecule has 4 aliphatic carbocycles. The lowest BCUT2D eigenvalue weighted by Gasteiger charge is -2.58. The Labute approximate surface area is 450 Å². The predicted octanol–water partition coefficient (Wildman–Crippen LogP) is 17.7.